The fourth-order valence-electron chi connectivity index (χ4n) is 2.82. The highest BCUT2D eigenvalue weighted by atomic mass is 19.1. The zero-order valence-electron chi connectivity index (χ0n) is 14.3. The van der Waals surface area contributed by atoms with Gasteiger partial charge in [0, 0.05) is 52.2 Å². The lowest BCUT2D eigenvalue weighted by Gasteiger charge is -2.34. The van der Waals surface area contributed by atoms with E-state index in [1.807, 2.05) is 0 Å². The van der Waals surface area contributed by atoms with E-state index >= 15 is 0 Å². The van der Waals surface area contributed by atoms with Crippen LogP contribution in [-0.4, -0.2) is 65.4 Å². The molecule has 0 spiro atoms. The minimum atomic E-state index is -0.266. The zero-order chi connectivity index (χ0) is 17.6. The number of aromatic nitrogens is 2. The second-order valence-corrected chi connectivity index (χ2v) is 6.19. The van der Waals surface area contributed by atoms with Crippen LogP contribution in [0.5, 0.6) is 0 Å². The molecule has 2 aromatic rings. The summed E-state index contributed by atoms with van der Waals surface area (Å²) in [5, 5.41) is 0. The van der Waals surface area contributed by atoms with E-state index in [1.165, 1.54) is 12.1 Å². The first-order valence-corrected chi connectivity index (χ1v) is 8.34. The van der Waals surface area contributed by atoms with Gasteiger partial charge in [-0.3, -0.25) is 9.69 Å². The molecule has 0 N–H and O–H groups in total. The highest BCUT2D eigenvalue weighted by Crippen LogP contribution is 2.10. The van der Waals surface area contributed by atoms with Gasteiger partial charge in [-0.1, -0.05) is 12.1 Å². The predicted molar refractivity (Wildman–Crippen MR) is 93.6 cm³/mol. The fourth-order valence-corrected chi connectivity index (χ4v) is 2.82. The third-order valence-corrected chi connectivity index (χ3v) is 4.32. The van der Waals surface area contributed by atoms with Crippen LogP contribution < -0.4 is 4.90 Å². The number of amides is 1. The van der Waals surface area contributed by atoms with Crippen LogP contribution in [0.2, 0.25) is 0 Å². The molecule has 2 heterocycles. The van der Waals surface area contributed by atoms with Gasteiger partial charge in [-0.15, -0.1) is 0 Å². The Hall–Kier alpha value is -2.54. The fraction of sp³-hybridized carbons (Fsp3) is 0.389. The monoisotopic (exact) mass is 343 g/mol. The van der Waals surface area contributed by atoms with E-state index in [-0.39, 0.29) is 11.7 Å². The van der Waals surface area contributed by atoms with E-state index in [9.17, 15) is 9.18 Å². The smallest absolute Gasteiger partial charge is 0.236 e. The molecule has 132 valence electrons. The van der Waals surface area contributed by atoms with E-state index in [4.69, 9.17) is 0 Å². The number of carbonyl (C=O) groups excluding carboxylic acids is 1. The Morgan fingerprint density at radius 3 is 2.40 bits per heavy atom. The van der Waals surface area contributed by atoms with Gasteiger partial charge in [0.05, 0.1) is 6.54 Å². The summed E-state index contributed by atoms with van der Waals surface area (Å²) in [7, 11) is 1.78. The van der Waals surface area contributed by atoms with Crippen molar-refractivity contribution in [2.24, 2.45) is 0 Å². The standard InChI is InChI=1S/C18H22FN5O/c1-22(13-15-3-5-16(19)6-4-15)17(25)14-23-9-11-24(12-10-23)18-20-7-2-8-21-18/h2-8H,9-14H2,1H3. The number of hydrogen-bond donors (Lipinski definition) is 0. The zero-order valence-corrected chi connectivity index (χ0v) is 14.3. The van der Waals surface area contributed by atoms with Crippen LogP contribution in [0, 0.1) is 5.82 Å². The summed E-state index contributed by atoms with van der Waals surface area (Å²) < 4.78 is 12.9. The molecule has 1 saturated heterocycles. The highest BCUT2D eigenvalue weighted by molar-refractivity contribution is 5.78. The second-order valence-electron chi connectivity index (χ2n) is 6.19. The Morgan fingerprint density at radius 1 is 1.12 bits per heavy atom. The molecular weight excluding hydrogens is 321 g/mol. The van der Waals surface area contributed by atoms with Gasteiger partial charge in [0.1, 0.15) is 5.82 Å². The number of nitrogens with zero attached hydrogens (tertiary/aromatic N) is 5. The number of likely N-dealkylation sites (N-methyl/N-ethyl adjacent to an activating group) is 1. The van der Waals surface area contributed by atoms with Crippen molar-refractivity contribution in [3.8, 4) is 0 Å². The summed E-state index contributed by atoms with van der Waals surface area (Å²) in [6.45, 7) is 4.08. The number of benzene rings is 1. The van der Waals surface area contributed by atoms with E-state index in [0.717, 1.165) is 37.7 Å². The summed E-state index contributed by atoms with van der Waals surface area (Å²) in [6.07, 6.45) is 3.48. The predicted octanol–water partition coefficient (Wildman–Crippen LogP) is 1.40. The molecular formula is C18H22FN5O. The SMILES string of the molecule is CN(Cc1ccc(F)cc1)C(=O)CN1CCN(c2ncccn2)CC1. The largest absolute Gasteiger partial charge is 0.340 e. The minimum Gasteiger partial charge on any atom is -0.340 e. The van der Waals surface area contributed by atoms with Gasteiger partial charge in [-0.2, -0.15) is 0 Å². The first-order chi connectivity index (χ1) is 12.1. The van der Waals surface area contributed by atoms with Gasteiger partial charge in [0.25, 0.3) is 0 Å². The molecule has 6 nitrogen and oxygen atoms in total. The Bertz CT molecular complexity index is 686. The van der Waals surface area contributed by atoms with Gasteiger partial charge in [0.2, 0.25) is 11.9 Å². The average molecular weight is 343 g/mol. The molecule has 1 amide bonds. The Morgan fingerprint density at radius 2 is 1.76 bits per heavy atom. The molecule has 0 atom stereocenters. The summed E-state index contributed by atoms with van der Waals surface area (Å²) in [6, 6.07) is 8.04. The van der Waals surface area contributed by atoms with Gasteiger partial charge in [-0.25, -0.2) is 14.4 Å². The number of rotatable bonds is 5. The van der Waals surface area contributed by atoms with Crippen molar-refractivity contribution in [2.45, 2.75) is 6.54 Å². The maximum Gasteiger partial charge on any atom is 0.236 e. The Kier molecular flexibility index (Phi) is 5.55. The van der Waals surface area contributed by atoms with E-state index < -0.39 is 0 Å². The van der Waals surface area contributed by atoms with Crippen LogP contribution in [0.4, 0.5) is 10.3 Å². The van der Waals surface area contributed by atoms with Crippen molar-refractivity contribution in [2.75, 3.05) is 44.7 Å². The van der Waals surface area contributed by atoms with Crippen molar-refractivity contribution in [3.05, 3.63) is 54.1 Å². The molecule has 25 heavy (non-hydrogen) atoms. The van der Waals surface area contributed by atoms with Crippen molar-refractivity contribution in [3.63, 3.8) is 0 Å². The van der Waals surface area contributed by atoms with Crippen LogP contribution >= 0.6 is 0 Å². The third-order valence-electron chi connectivity index (χ3n) is 4.32. The topological polar surface area (TPSA) is 52.6 Å². The van der Waals surface area contributed by atoms with Crippen LogP contribution in [-0.2, 0) is 11.3 Å². The first kappa shape index (κ1) is 17.3. The second kappa shape index (κ2) is 8.02. The summed E-state index contributed by atoms with van der Waals surface area (Å²) in [5.74, 6) is 0.536. The highest BCUT2D eigenvalue weighted by Gasteiger charge is 2.21. The lowest BCUT2D eigenvalue weighted by molar-refractivity contribution is -0.131. The molecule has 1 aromatic carbocycles. The van der Waals surface area contributed by atoms with Gasteiger partial charge < -0.3 is 9.80 Å². The van der Waals surface area contributed by atoms with Crippen LogP contribution in [0.15, 0.2) is 42.7 Å². The Balaban J connectivity index is 1.46. The van der Waals surface area contributed by atoms with Crippen molar-refractivity contribution in [1.82, 2.24) is 19.8 Å². The third kappa shape index (κ3) is 4.73. The number of halogens is 1. The lowest BCUT2D eigenvalue weighted by atomic mass is 10.2. The van der Waals surface area contributed by atoms with Gasteiger partial charge >= 0.3 is 0 Å². The van der Waals surface area contributed by atoms with E-state index in [1.54, 1.807) is 42.5 Å². The Labute approximate surface area is 146 Å². The molecule has 3 rings (SSSR count). The first-order valence-electron chi connectivity index (χ1n) is 8.34. The van der Waals surface area contributed by atoms with Gasteiger partial charge in [-0.05, 0) is 23.8 Å². The van der Waals surface area contributed by atoms with E-state index in [0.29, 0.717) is 13.1 Å². The molecule has 1 aliphatic rings. The maximum absolute atomic E-state index is 12.9. The molecule has 0 bridgehead atoms. The normalized spacial score (nSPS) is 15.2. The van der Waals surface area contributed by atoms with E-state index in [2.05, 4.69) is 19.8 Å². The average Bonchev–Trinajstić information content (AvgIpc) is 2.65. The summed E-state index contributed by atoms with van der Waals surface area (Å²) in [4.78, 5) is 26.9. The summed E-state index contributed by atoms with van der Waals surface area (Å²) >= 11 is 0. The maximum atomic E-state index is 12.9. The van der Waals surface area contributed by atoms with Crippen molar-refractivity contribution < 1.29 is 9.18 Å². The minimum absolute atomic E-state index is 0.0636. The molecule has 1 aliphatic heterocycles. The van der Waals surface area contributed by atoms with Crippen LogP contribution in [0.3, 0.4) is 0 Å². The molecule has 0 radical (unpaired) electrons. The quantitative estimate of drug-likeness (QED) is 0.821. The molecule has 1 fully saturated rings. The van der Waals surface area contributed by atoms with Gasteiger partial charge in [0.15, 0.2) is 0 Å². The number of hydrogen-bond acceptors (Lipinski definition) is 5. The van der Waals surface area contributed by atoms with Crippen molar-refractivity contribution >= 4 is 11.9 Å². The molecule has 0 saturated carbocycles. The van der Waals surface area contributed by atoms with Crippen LogP contribution in [0.1, 0.15) is 5.56 Å². The molecule has 0 aliphatic carbocycles. The summed E-state index contributed by atoms with van der Waals surface area (Å²) in [5.41, 5.74) is 0.920. The molecule has 1 aromatic heterocycles. The molecule has 7 heteroatoms. The van der Waals surface area contributed by atoms with Crippen LogP contribution in [0.25, 0.3) is 0 Å². The number of carbonyl (C=O) groups is 1. The van der Waals surface area contributed by atoms with Crippen molar-refractivity contribution in [1.29, 1.82) is 0 Å². The number of anilines is 1. The lowest BCUT2D eigenvalue weighted by Crippen LogP contribution is -2.50. The number of piperazine rings is 1. The molecule has 0 unspecified atom stereocenters.